The Labute approximate surface area is 136 Å². The minimum atomic E-state index is -0.0663. The van der Waals surface area contributed by atoms with E-state index in [1.165, 1.54) is 0 Å². The molecule has 118 valence electrons. The Kier molecular flexibility index (Phi) is 5.70. The number of aromatic nitrogens is 1. The highest BCUT2D eigenvalue weighted by atomic mass is 16.2. The number of carbonyl (C=O) groups excluding carboxylic acids is 1. The summed E-state index contributed by atoms with van der Waals surface area (Å²) in [4.78, 5) is 18.1. The second kappa shape index (κ2) is 7.95. The van der Waals surface area contributed by atoms with E-state index in [2.05, 4.69) is 23.3 Å². The first-order chi connectivity index (χ1) is 11.1. The van der Waals surface area contributed by atoms with Gasteiger partial charge in [0.25, 0.3) is 5.91 Å². The van der Waals surface area contributed by atoms with Crippen LogP contribution in [0.5, 0.6) is 0 Å². The lowest BCUT2D eigenvalue weighted by Crippen LogP contribution is -2.28. The number of benzene rings is 1. The fourth-order valence-corrected chi connectivity index (χ4v) is 2.08. The average Bonchev–Trinajstić information content (AvgIpc) is 2.60. The van der Waals surface area contributed by atoms with Gasteiger partial charge in [-0.25, -0.2) is 4.98 Å². The molecule has 0 fully saturated rings. The topological polar surface area (TPSA) is 69.0 Å². The fraction of sp³-hybridized carbons (Fsp3) is 0.278. The molecule has 0 atom stereocenters. The van der Waals surface area contributed by atoms with Crippen LogP contribution in [0.4, 0.5) is 11.4 Å². The number of rotatable bonds is 6. The second-order valence-electron chi connectivity index (χ2n) is 5.33. The quantitative estimate of drug-likeness (QED) is 0.885. The normalized spacial score (nSPS) is 9.96. The van der Waals surface area contributed by atoms with Crippen molar-refractivity contribution in [2.24, 2.45) is 0 Å². The van der Waals surface area contributed by atoms with E-state index in [9.17, 15) is 4.79 Å². The van der Waals surface area contributed by atoms with Gasteiger partial charge >= 0.3 is 0 Å². The average molecular weight is 308 g/mol. The molecule has 5 heteroatoms. The molecule has 1 heterocycles. The van der Waals surface area contributed by atoms with Crippen molar-refractivity contribution < 1.29 is 4.79 Å². The Morgan fingerprint density at radius 2 is 1.91 bits per heavy atom. The van der Waals surface area contributed by atoms with E-state index < -0.39 is 0 Å². The molecule has 0 unspecified atom stereocenters. The zero-order chi connectivity index (χ0) is 16.7. The molecular formula is C18H20N4O. The van der Waals surface area contributed by atoms with Crippen LogP contribution in [0, 0.1) is 11.3 Å². The Hall–Kier alpha value is -2.87. The van der Waals surface area contributed by atoms with Crippen molar-refractivity contribution in [3.8, 4) is 6.07 Å². The van der Waals surface area contributed by atoms with Crippen molar-refractivity contribution in [1.82, 2.24) is 9.88 Å². The lowest BCUT2D eigenvalue weighted by Gasteiger charge is -2.16. The number of nitrogens with zero attached hydrogens (tertiary/aromatic N) is 3. The van der Waals surface area contributed by atoms with E-state index in [0.717, 1.165) is 30.8 Å². The third kappa shape index (κ3) is 4.55. The number of hydrogen-bond donors (Lipinski definition) is 1. The first kappa shape index (κ1) is 16.5. The summed E-state index contributed by atoms with van der Waals surface area (Å²) in [5.74, 6) is -0.0663. The van der Waals surface area contributed by atoms with Crippen molar-refractivity contribution in [1.29, 1.82) is 5.26 Å². The predicted molar refractivity (Wildman–Crippen MR) is 90.5 cm³/mol. The van der Waals surface area contributed by atoms with Crippen LogP contribution < -0.4 is 5.32 Å². The van der Waals surface area contributed by atoms with Crippen molar-refractivity contribution in [2.75, 3.05) is 18.9 Å². The molecule has 0 bridgehead atoms. The third-order valence-corrected chi connectivity index (χ3v) is 3.48. The van der Waals surface area contributed by atoms with Crippen molar-refractivity contribution in [3.05, 3.63) is 53.9 Å². The molecule has 0 radical (unpaired) electrons. The number of anilines is 2. The number of nitrogens with one attached hydrogen (secondary N) is 1. The zero-order valence-corrected chi connectivity index (χ0v) is 13.4. The van der Waals surface area contributed by atoms with Gasteiger partial charge in [-0.1, -0.05) is 13.3 Å². The Bertz CT molecular complexity index is 686. The summed E-state index contributed by atoms with van der Waals surface area (Å²) in [5, 5.41) is 12.0. The van der Waals surface area contributed by atoms with Crippen molar-refractivity contribution in [3.63, 3.8) is 0 Å². The summed E-state index contributed by atoms with van der Waals surface area (Å²) < 4.78 is 0. The summed E-state index contributed by atoms with van der Waals surface area (Å²) in [6, 6.07) is 12.8. The van der Waals surface area contributed by atoms with Gasteiger partial charge in [-0.2, -0.15) is 5.26 Å². The molecular weight excluding hydrogens is 288 g/mol. The number of unbranched alkanes of at least 4 members (excludes halogenated alkanes) is 1. The van der Waals surface area contributed by atoms with Crippen LogP contribution in [0.25, 0.3) is 0 Å². The van der Waals surface area contributed by atoms with Crippen LogP contribution in [0.15, 0.2) is 42.6 Å². The number of carbonyl (C=O) groups is 1. The lowest BCUT2D eigenvalue weighted by atomic mass is 10.2. The minimum Gasteiger partial charge on any atom is -0.354 e. The van der Waals surface area contributed by atoms with Crippen LogP contribution in [-0.4, -0.2) is 29.4 Å². The van der Waals surface area contributed by atoms with Gasteiger partial charge < -0.3 is 10.2 Å². The van der Waals surface area contributed by atoms with E-state index in [4.69, 9.17) is 5.26 Å². The van der Waals surface area contributed by atoms with Gasteiger partial charge in [0.2, 0.25) is 0 Å². The fourth-order valence-electron chi connectivity index (χ4n) is 2.08. The van der Waals surface area contributed by atoms with Gasteiger partial charge in [-0.15, -0.1) is 0 Å². The van der Waals surface area contributed by atoms with Crippen LogP contribution in [0.1, 0.15) is 35.8 Å². The maximum Gasteiger partial charge on any atom is 0.272 e. The summed E-state index contributed by atoms with van der Waals surface area (Å²) in [5.41, 5.74) is 2.71. The van der Waals surface area contributed by atoms with E-state index in [1.54, 1.807) is 36.3 Å². The highest BCUT2D eigenvalue weighted by Gasteiger charge is 2.12. The zero-order valence-electron chi connectivity index (χ0n) is 13.4. The standard InChI is InChI=1S/C18H20N4O/c1-3-4-11-22(2)18(23)17-10-9-16(13-20-17)21-15-7-5-14(12-19)6-8-15/h5-10,13,21H,3-4,11H2,1-2H3. The monoisotopic (exact) mass is 308 g/mol. The van der Waals surface area contributed by atoms with Gasteiger partial charge in [0.15, 0.2) is 0 Å². The molecule has 23 heavy (non-hydrogen) atoms. The molecule has 1 amide bonds. The molecule has 1 aromatic carbocycles. The smallest absolute Gasteiger partial charge is 0.272 e. The maximum absolute atomic E-state index is 12.2. The van der Waals surface area contributed by atoms with Crippen molar-refractivity contribution >= 4 is 17.3 Å². The van der Waals surface area contributed by atoms with E-state index in [0.29, 0.717) is 11.3 Å². The first-order valence-electron chi connectivity index (χ1n) is 7.62. The SMILES string of the molecule is CCCCN(C)C(=O)c1ccc(Nc2ccc(C#N)cc2)cn1. The molecule has 0 saturated carbocycles. The number of pyridine rings is 1. The summed E-state index contributed by atoms with van der Waals surface area (Å²) in [6.07, 6.45) is 3.68. The molecule has 0 spiro atoms. The molecule has 1 N–H and O–H groups in total. The molecule has 2 rings (SSSR count). The van der Waals surface area contributed by atoms with Crippen LogP contribution in [0.3, 0.4) is 0 Å². The molecule has 2 aromatic rings. The number of nitriles is 1. The molecule has 0 aliphatic heterocycles. The first-order valence-corrected chi connectivity index (χ1v) is 7.62. The maximum atomic E-state index is 12.2. The lowest BCUT2D eigenvalue weighted by molar-refractivity contribution is 0.0787. The largest absolute Gasteiger partial charge is 0.354 e. The van der Waals surface area contributed by atoms with Gasteiger partial charge in [-0.05, 0) is 42.8 Å². The molecule has 0 saturated heterocycles. The van der Waals surface area contributed by atoms with E-state index in [1.807, 2.05) is 18.2 Å². The Morgan fingerprint density at radius 3 is 2.48 bits per heavy atom. The van der Waals surface area contributed by atoms with Gasteiger partial charge in [0, 0.05) is 19.3 Å². The summed E-state index contributed by atoms with van der Waals surface area (Å²) >= 11 is 0. The Morgan fingerprint density at radius 1 is 1.22 bits per heavy atom. The highest BCUT2D eigenvalue weighted by Crippen LogP contribution is 2.16. The molecule has 1 aromatic heterocycles. The van der Waals surface area contributed by atoms with E-state index >= 15 is 0 Å². The van der Waals surface area contributed by atoms with Crippen LogP contribution in [-0.2, 0) is 0 Å². The minimum absolute atomic E-state index is 0.0663. The van der Waals surface area contributed by atoms with Crippen LogP contribution in [0.2, 0.25) is 0 Å². The molecule has 0 aliphatic rings. The molecule has 0 aliphatic carbocycles. The molecule has 5 nitrogen and oxygen atoms in total. The van der Waals surface area contributed by atoms with E-state index in [-0.39, 0.29) is 5.91 Å². The predicted octanol–water partition coefficient (Wildman–Crippen LogP) is 3.57. The number of amides is 1. The van der Waals surface area contributed by atoms with Gasteiger partial charge in [0.05, 0.1) is 23.5 Å². The number of hydrogen-bond acceptors (Lipinski definition) is 4. The summed E-state index contributed by atoms with van der Waals surface area (Å²) in [7, 11) is 1.79. The van der Waals surface area contributed by atoms with Crippen LogP contribution >= 0.6 is 0 Å². The van der Waals surface area contributed by atoms with Crippen molar-refractivity contribution in [2.45, 2.75) is 19.8 Å². The second-order valence-corrected chi connectivity index (χ2v) is 5.33. The van der Waals surface area contributed by atoms with Gasteiger partial charge in [-0.3, -0.25) is 4.79 Å². The third-order valence-electron chi connectivity index (χ3n) is 3.48. The highest BCUT2D eigenvalue weighted by molar-refractivity contribution is 5.92. The summed E-state index contributed by atoms with van der Waals surface area (Å²) in [6.45, 7) is 2.84. The Balaban J connectivity index is 2.01. The van der Waals surface area contributed by atoms with Gasteiger partial charge in [0.1, 0.15) is 5.69 Å².